The first kappa shape index (κ1) is 13.2. The van der Waals surface area contributed by atoms with E-state index in [1.807, 2.05) is 6.07 Å². The van der Waals surface area contributed by atoms with E-state index in [0.29, 0.717) is 0 Å². The number of carbonyl (C=O) groups is 2. The zero-order valence-corrected chi connectivity index (χ0v) is 8.73. The first-order chi connectivity index (χ1) is 7.06. The predicted octanol–water partition coefficient (Wildman–Crippen LogP) is 0.951. The first-order valence-electron chi connectivity index (χ1n) is 4.48. The summed E-state index contributed by atoms with van der Waals surface area (Å²) in [6, 6.07) is 1.82. The molecule has 82 valence electrons. The van der Waals surface area contributed by atoms with Crippen molar-refractivity contribution in [3.8, 4) is 6.07 Å². The van der Waals surface area contributed by atoms with Crippen LogP contribution in [0.2, 0.25) is 0 Å². The van der Waals surface area contributed by atoms with Crippen molar-refractivity contribution < 1.29 is 19.1 Å². The van der Waals surface area contributed by atoms with E-state index in [1.165, 1.54) is 0 Å². The van der Waals surface area contributed by atoms with E-state index in [0.717, 1.165) is 12.2 Å². The number of nitrogens with zero attached hydrogens (tertiary/aromatic N) is 1. The van der Waals surface area contributed by atoms with Crippen LogP contribution in [-0.2, 0) is 19.1 Å². The summed E-state index contributed by atoms with van der Waals surface area (Å²) in [5.41, 5.74) is 0. The molecular weight excluding hydrogens is 198 g/mol. The van der Waals surface area contributed by atoms with E-state index in [4.69, 9.17) is 10.00 Å². The van der Waals surface area contributed by atoms with E-state index < -0.39 is 11.9 Å². The van der Waals surface area contributed by atoms with Crippen LogP contribution < -0.4 is 0 Å². The Balaban J connectivity index is 3.80. The molecular formula is C10H13NO4. The second-order valence-corrected chi connectivity index (χ2v) is 2.89. The lowest BCUT2D eigenvalue weighted by atomic mass is 10.4. The zero-order valence-electron chi connectivity index (χ0n) is 8.73. The molecule has 0 fully saturated rings. The average molecular weight is 211 g/mol. The van der Waals surface area contributed by atoms with Crippen molar-refractivity contribution >= 4 is 11.9 Å². The van der Waals surface area contributed by atoms with Crippen LogP contribution in [0.1, 0.15) is 20.3 Å². The second-order valence-electron chi connectivity index (χ2n) is 2.89. The lowest BCUT2D eigenvalue weighted by Crippen LogP contribution is -2.09. The van der Waals surface area contributed by atoms with Gasteiger partial charge >= 0.3 is 11.9 Å². The Morgan fingerprint density at radius 2 is 1.93 bits per heavy atom. The monoisotopic (exact) mass is 211 g/mol. The van der Waals surface area contributed by atoms with Crippen molar-refractivity contribution in [1.82, 2.24) is 0 Å². The molecule has 0 unspecified atom stereocenters. The van der Waals surface area contributed by atoms with Gasteiger partial charge in [0, 0.05) is 12.2 Å². The number of rotatable bonds is 5. The summed E-state index contributed by atoms with van der Waals surface area (Å²) < 4.78 is 9.32. The topological polar surface area (TPSA) is 76.4 Å². The number of nitriles is 1. The molecule has 0 aromatic rings. The summed E-state index contributed by atoms with van der Waals surface area (Å²) in [6.45, 7) is 3.44. The fourth-order valence-corrected chi connectivity index (χ4v) is 0.653. The molecule has 0 bridgehead atoms. The van der Waals surface area contributed by atoms with Gasteiger partial charge in [0.05, 0.1) is 18.6 Å². The van der Waals surface area contributed by atoms with E-state index in [9.17, 15) is 9.59 Å². The largest absolute Gasteiger partial charge is 0.461 e. The third-order valence-electron chi connectivity index (χ3n) is 1.17. The van der Waals surface area contributed by atoms with Gasteiger partial charge in [-0.3, -0.25) is 0 Å². The van der Waals surface area contributed by atoms with Crippen LogP contribution in [0.25, 0.3) is 0 Å². The molecule has 5 nitrogen and oxygen atoms in total. The van der Waals surface area contributed by atoms with E-state index in [2.05, 4.69) is 4.74 Å². The van der Waals surface area contributed by atoms with Gasteiger partial charge in [-0.25, -0.2) is 9.59 Å². The molecule has 0 heterocycles. The lowest BCUT2D eigenvalue weighted by Gasteiger charge is -2.03. The van der Waals surface area contributed by atoms with Gasteiger partial charge in [0.15, 0.2) is 0 Å². The van der Waals surface area contributed by atoms with Gasteiger partial charge in [-0.15, -0.1) is 0 Å². The number of ether oxygens (including phenoxy) is 2. The SMILES string of the molecule is CC(C)OC(=O)/C=C/C(=O)OCCC#N. The van der Waals surface area contributed by atoms with Crippen LogP contribution in [0.4, 0.5) is 0 Å². The molecule has 0 spiro atoms. The molecule has 0 N–H and O–H groups in total. The molecule has 15 heavy (non-hydrogen) atoms. The molecule has 0 radical (unpaired) electrons. The third kappa shape index (κ3) is 8.50. The molecule has 0 aromatic carbocycles. The van der Waals surface area contributed by atoms with Crippen LogP contribution in [0, 0.1) is 11.3 Å². The molecule has 0 aliphatic heterocycles. The highest BCUT2D eigenvalue weighted by Crippen LogP contribution is 1.91. The maximum Gasteiger partial charge on any atom is 0.331 e. The van der Waals surface area contributed by atoms with Crippen LogP contribution in [0.15, 0.2) is 12.2 Å². The number of carbonyl (C=O) groups excluding carboxylic acids is 2. The van der Waals surface area contributed by atoms with E-state index >= 15 is 0 Å². The molecule has 0 amide bonds. The zero-order chi connectivity index (χ0) is 11.7. The smallest absolute Gasteiger partial charge is 0.331 e. The van der Waals surface area contributed by atoms with Crippen molar-refractivity contribution in [3.63, 3.8) is 0 Å². The van der Waals surface area contributed by atoms with Gasteiger partial charge in [-0.05, 0) is 13.8 Å². The fraction of sp³-hybridized carbons (Fsp3) is 0.500. The van der Waals surface area contributed by atoms with Crippen LogP contribution in [0.5, 0.6) is 0 Å². The number of hydrogen-bond donors (Lipinski definition) is 0. The van der Waals surface area contributed by atoms with Crippen molar-refractivity contribution in [2.24, 2.45) is 0 Å². The van der Waals surface area contributed by atoms with Crippen LogP contribution >= 0.6 is 0 Å². The Morgan fingerprint density at radius 3 is 2.47 bits per heavy atom. The molecule has 0 atom stereocenters. The van der Waals surface area contributed by atoms with Gasteiger partial charge in [-0.1, -0.05) is 0 Å². The Bertz CT molecular complexity index is 288. The minimum atomic E-state index is -0.661. The fourth-order valence-electron chi connectivity index (χ4n) is 0.653. The van der Waals surface area contributed by atoms with E-state index in [-0.39, 0.29) is 19.1 Å². The van der Waals surface area contributed by atoms with Crippen LogP contribution in [0.3, 0.4) is 0 Å². The summed E-state index contributed by atoms with van der Waals surface area (Å²) in [6.07, 6.45) is 1.88. The molecule has 0 saturated carbocycles. The summed E-state index contributed by atoms with van der Waals surface area (Å²) in [5.74, 6) is -1.26. The highest BCUT2D eigenvalue weighted by Gasteiger charge is 2.02. The Kier molecular flexibility index (Phi) is 6.64. The Hall–Kier alpha value is -1.83. The Labute approximate surface area is 88.3 Å². The second kappa shape index (κ2) is 7.56. The summed E-state index contributed by atoms with van der Waals surface area (Å²) >= 11 is 0. The molecule has 0 aliphatic rings. The average Bonchev–Trinajstić information content (AvgIpc) is 2.14. The van der Waals surface area contributed by atoms with Gasteiger partial charge in [0.1, 0.15) is 6.61 Å². The summed E-state index contributed by atoms with van der Waals surface area (Å²) in [5, 5.41) is 8.16. The van der Waals surface area contributed by atoms with E-state index in [1.54, 1.807) is 13.8 Å². The minimum absolute atomic E-state index is 0.0267. The number of esters is 2. The van der Waals surface area contributed by atoms with Crippen molar-refractivity contribution in [2.45, 2.75) is 26.4 Å². The maximum atomic E-state index is 10.9. The quantitative estimate of drug-likeness (QED) is 0.384. The lowest BCUT2D eigenvalue weighted by molar-refractivity contribution is -0.142. The van der Waals surface area contributed by atoms with Gasteiger partial charge in [-0.2, -0.15) is 5.26 Å². The maximum absolute atomic E-state index is 10.9. The molecule has 0 rings (SSSR count). The molecule has 0 aromatic heterocycles. The van der Waals surface area contributed by atoms with Crippen LogP contribution in [-0.4, -0.2) is 24.6 Å². The van der Waals surface area contributed by atoms with Crippen molar-refractivity contribution in [3.05, 3.63) is 12.2 Å². The number of hydrogen-bond acceptors (Lipinski definition) is 5. The van der Waals surface area contributed by atoms with Crippen molar-refractivity contribution in [1.29, 1.82) is 5.26 Å². The third-order valence-corrected chi connectivity index (χ3v) is 1.17. The normalized spacial score (nSPS) is 10.0. The summed E-state index contributed by atoms with van der Waals surface area (Å²) in [4.78, 5) is 21.8. The van der Waals surface area contributed by atoms with Crippen molar-refractivity contribution in [2.75, 3.05) is 6.61 Å². The first-order valence-corrected chi connectivity index (χ1v) is 4.48. The predicted molar refractivity (Wildman–Crippen MR) is 51.6 cm³/mol. The minimum Gasteiger partial charge on any atom is -0.461 e. The highest BCUT2D eigenvalue weighted by molar-refractivity contribution is 5.91. The van der Waals surface area contributed by atoms with Gasteiger partial charge in [0.2, 0.25) is 0 Å². The summed E-state index contributed by atoms with van der Waals surface area (Å²) in [7, 11) is 0. The highest BCUT2D eigenvalue weighted by atomic mass is 16.5. The van der Waals surface area contributed by atoms with Gasteiger partial charge in [0.25, 0.3) is 0 Å². The van der Waals surface area contributed by atoms with Gasteiger partial charge < -0.3 is 9.47 Å². The molecule has 0 saturated heterocycles. The molecule has 0 aliphatic carbocycles. The molecule has 5 heteroatoms. The standard InChI is InChI=1S/C10H13NO4/c1-8(2)15-10(13)5-4-9(12)14-7-3-6-11/h4-5,8H,3,7H2,1-2H3/b5-4+. The Morgan fingerprint density at radius 1 is 1.33 bits per heavy atom.